The van der Waals surface area contributed by atoms with Gasteiger partial charge in [-0.2, -0.15) is 0 Å². The lowest BCUT2D eigenvalue weighted by Crippen LogP contribution is -2.18. The summed E-state index contributed by atoms with van der Waals surface area (Å²) >= 11 is 0. The number of nitrogens with zero attached hydrogens (tertiary/aromatic N) is 3. The zero-order chi connectivity index (χ0) is 15.2. The molecule has 2 aromatic rings. The molecule has 1 aromatic carbocycles. The van der Waals surface area contributed by atoms with Crippen molar-refractivity contribution in [2.24, 2.45) is 0 Å². The van der Waals surface area contributed by atoms with E-state index in [0.717, 1.165) is 11.3 Å². The molecular formula is C14H19FN4O2. The third-order valence-corrected chi connectivity index (χ3v) is 3.18. The summed E-state index contributed by atoms with van der Waals surface area (Å²) in [6, 6.07) is 4.86. The van der Waals surface area contributed by atoms with Crippen LogP contribution in [0.25, 0.3) is 0 Å². The van der Waals surface area contributed by atoms with Crippen molar-refractivity contribution in [3.05, 3.63) is 41.5 Å². The Balaban J connectivity index is 1.94. The van der Waals surface area contributed by atoms with Gasteiger partial charge in [0.2, 0.25) is 0 Å². The van der Waals surface area contributed by atoms with Crippen molar-refractivity contribution >= 4 is 0 Å². The van der Waals surface area contributed by atoms with Crippen molar-refractivity contribution in [3.63, 3.8) is 0 Å². The lowest BCUT2D eigenvalue weighted by atomic mass is 10.1. The van der Waals surface area contributed by atoms with Gasteiger partial charge >= 0.3 is 0 Å². The SMILES string of the molecule is COc1ccc(C(C)NCc2cn(CCO)nn2)cc1F. The van der Waals surface area contributed by atoms with Crippen LogP contribution in [-0.4, -0.2) is 33.8 Å². The maximum atomic E-state index is 13.7. The first-order valence-corrected chi connectivity index (χ1v) is 6.70. The van der Waals surface area contributed by atoms with E-state index < -0.39 is 0 Å². The van der Waals surface area contributed by atoms with Gasteiger partial charge in [-0.15, -0.1) is 5.10 Å². The van der Waals surface area contributed by atoms with Crippen LogP contribution in [0.2, 0.25) is 0 Å². The second-order valence-corrected chi connectivity index (χ2v) is 4.69. The summed E-state index contributed by atoms with van der Waals surface area (Å²) < 4.78 is 20.1. The third-order valence-electron chi connectivity index (χ3n) is 3.18. The molecule has 114 valence electrons. The van der Waals surface area contributed by atoms with E-state index >= 15 is 0 Å². The minimum absolute atomic E-state index is 0.0256. The minimum atomic E-state index is -0.377. The number of methoxy groups -OCH3 is 1. The molecule has 0 saturated carbocycles. The van der Waals surface area contributed by atoms with Gasteiger partial charge in [0.25, 0.3) is 0 Å². The van der Waals surface area contributed by atoms with Crippen molar-refractivity contribution in [2.45, 2.75) is 26.1 Å². The van der Waals surface area contributed by atoms with E-state index in [1.54, 1.807) is 16.9 Å². The first-order valence-electron chi connectivity index (χ1n) is 6.70. The van der Waals surface area contributed by atoms with Gasteiger partial charge in [-0.05, 0) is 24.6 Å². The molecule has 0 radical (unpaired) electrons. The van der Waals surface area contributed by atoms with Gasteiger partial charge in [0, 0.05) is 18.8 Å². The standard InChI is InChI=1S/C14H19FN4O2/c1-10(11-3-4-14(21-2)13(15)7-11)16-8-12-9-19(5-6-20)18-17-12/h3-4,7,9-10,16,20H,5-6,8H2,1-2H3. The Morgan fingerprint density at radius 1 is 1.48 bits per heavy atom. The fourth-order valence-electron chi connectivity index (χ4n) is 1.96. The van der Waals surface area contributed by atoms with E-state index in [-0.39, 0.29) is 24.2 Å². The van der Waals surface area contributed by atoms with E-state index in [1.165, 1.54) is 13.2 Å². The molecule has 21 heavy (non-hydrogen) atoms. The Morgan fingerprint density at radius 3 is 2.95 bits per heavy atom. The van der Waals surface area contributed by atoms with Crippen LogP contribution in [0.15, 0.2) is 24.4 Å². The summed E-state index contributed by atoms with van der Waals surface area (Å²) in [6.45, 7) is 2.91. The highest BCUT2D eigenvalue weighted by molar-refractivity contribution is 5.30. The molecule has 0 amide bonds. The molecule has 1 aromatic heterocycles. The molecule has 0 aliphatic carbocycles. The molecule has 0 fully saturated rings. The number of hydrogen-bond acceptors (Lipinski definition) is 5. The van der Waals surface area contributed by atoms with Crippen molar-refractivity contribution in [1.82, 2.24) is 20.3 Å². The molecular weight excluding hydrogens is 275 g/mol. The second-order valence-electron chi connectivity index (χ2n) is 4.69. The molecule has 0 bridgehead atoms. The molecule has 0 saturated heterocycles. The van der Waals surface area contributed by atoms with Gasteiger partial charge in [0.05, 0.1) is 26.0 Å². The minimum Gasteiger partial charge on any atom is -0.494 e. The Bertz CT molecular complexity index is 588. The van der Waals surface area contributed by atoms with Crippen LogP contribution in [0.3, 0.4) is 0 Å². The monoisotopic (exact) mass is 294 g/mol. The van der Waals surface area contributed by atoms with E-state index in [1.807, 2.05) is 13.0 Å². The van der Waals surface area contributed by atoms with Gasteiger partial charge in [0.1, 0.15) is 0 Å². The largest absolute Gasteiger partial charge is 0.494 e. The van der Waals surface area contributed by atoms with Gasteiger partial charge in [0.15, 0.2) is 11.6 Å². The fraction of sp³-hybridized carbons (Fsp3) is 0.429. The topological polar surface area (TPSA) is 72.2 Å². The van der Waals surface area contributed by atoms with E-state index in [9.17, 15) is 4.39 Å². The number of ether oxygens (including phenoxy) is 1. The summed E-state index contributed by atoms with van der Waals surface area (Å²) in [5, 5.41) is 19.9. The summed E-state index contributed by atoms with van der Waals surface area (Å²) in [5.74, 6) is -0.143. The predicted octanol–water partition coefficient (Wildman–Crippen LogP) is 1.27. The normalized spacial score (nSPS) is 12.4. The van der Waals surface area contributed by atoms with Crippen LogP contribution in [0.1, 0.15) is 24.2 Å². The Morgan fingerprint density at radius 2 is 2.29 bits per heavy atom. The smallest absolute Gasteiger partial charge is 0.165 e. The van der Waals surface area contributed by atoms with Crippen LogP contribution in [0.4, 0.5) is 4.39 Å². The number of benzene rings is 1. The van der Waals surface area contributed by atoms with Crippen molar-refractivity contribution in [2.75, 3.05) is 13.7 Å². The quantitative estimate of drug-likeness (QED) is 0.804. The van der Waals surface area contributed by atoms with Crippen molar-refractivity contribution < 1.29 is 14.2 Å². The molecule has 0 spiro atoms. The zero-order valence-electron chi connectivity index (χ0n) is 12.1. The zero-order valence-corrected chi connectivity index (χ0v) is 12.1. The van der Waals surface area contributed by atoms with Crippen LogP contribution >= 0.6 is 0 Å². The highest BCUT2D eigenvalue weighted by atomic mass is 19.1. The fourth-order valence-corrected chi connectivity index (χ4v) is 1.96. The maximum Gasteiger partial charge on any atom is 0.165 e. The number of halogens is 1. The first-order chi connectivity index (χ1) is 10.1. The molecule has 1 unspecified atom stereocenters. The second kappa shape index (κ2) is 7.14. The summed E-state index contributed by atoms with van der Waals surface area (Å²) in [6.07, 6.45) is 1.77. The highest BCUT2D eigenvalue weighted by Crippen LogP contribution is 2.21. The molecule has 6 nitrogen and oxygen atoms in total. The maximum absolute atomic E-state index is 13.7. The molecule has 1 atom stereocenters. The van der Waals surface area contributed by atoms with Crippen LogP contribution in [0.5, 0.6) is 5.75 Å². The predicted molar refractivity (Wildman–Crippen MR) is 75.3 cm³/mol. The average molecular weight is 294 g/mol. The molecule has 0 aliphatic heterocycles. The Hall–Kier alpha value is -1.99. The van der Waals surface area contributed by atoms with E-state index in [0.29, 0.717) is 13.1 Å². The van der Waals surface area contributed by atoms with E-state index in [2.05, 4.69) is 15.6 Å². The molecule has 7 heteroatoms. The van der Waals surface area contributed by atoms with Gasteiger partial charge < -0.3 is 15.2 Å². The lowest BCUT2D eigenvalue weighted by molar-refractivity contribution is 0.268. The summed E-state index contributed by atoms with van der Waals surface area (Å²) in [7, 11) is 1.44. The van der Waals surface area contributed by atoms with E-state index in [4.69, 9.17) is 9.84 Å². The molecule has 1 heterocycles. The van der Waals surface area contributed by atoms with Crippen LogP contribution < -0.4 is 10.1 Å². The molecule has 2 rings (SSSR count). The number of aliphatic hydroxyl groups excluding tert-OH is 1. The number of rotatable bonds is 7. The first kappa shape index (κ1) is 15.4. The highest BCUT2D eigenvalue weighted by Gasteiger charge is 2.10. The lowest BCUT2D eigenvalue weighted by Gasteiger charge is -2.14. The van der Waals surface area contributed by atoms with Gasteiger partial charge in [-0.1, -0.05) is 11.3 Å². The molecule has 0 aliphatic rings. The summed E-state index contributed by atoms with van der Waals surface area (Å²) in [4.78, 5) is 0. The van der Waals surface area contributed by atoms with Crippen molar-refractivity contribution in [3.8, 4) is 5.75 Å². The summed E-state index contributed by atoms with van der Waals surface area (Å²) in [5.41, 5.74) is 1.60. The number of aliphatic hydroxyl groups is 1. The van der Waals surface area contributed by atoms with Gasteiger partial charge in [-0.25, -0.2) is 9.07 Å². The van der Waals surface area contributed by atoms with Crippen molar-refractivity contribution in [1.29, 1.82) is 0 Å². The van der Waals surface area contributed by atoms with Crippen LogP contribution in [-0.2, 0) is 13.1 Å². The van der Waals surface area contributed by atoms with Crippen LogP contribution in [0, 0.1) is 5.82 Å². The van der Waals surface area contributed by atoms with Gasteiger partial charge in [-0.3, -0.25) is 0 Å². The average Bonchev–Trinajstić information content (AvgIpc) is 2.93. The number of aromatic nitrogens is 3. The third kappa shape index (κ3) is 3.99. The number of nitrogens with one attached hydrogen (secondary N) is 1. The Labute approximate surface area is 122 Å². The number of hydrogen-bond donors (Lipinski definition) is 2. The Kier molecular flexibility index (Phi) is 5.24. The molecule has 2 N–H and O–H groups in total.